The average molecular weight is 238 g/mol. The van der Waals surface area contributed by atoms with Gasteiger partial charge in [0.25, 0.3) is 0 Å². The monoisotopic (exact) mass is 238 g/mol. The van der Waals surface area contributed by atoms with Crippen molar-refractivity contribution in [2.24, 2.45) is 4.99 Å². The molecule has 0 aliphatic carbocycles. The zero-order chi connectivity index (χ0) is 13.2. The molecule has 94 valence electrons. The molecule has 3 N–H and O–H groups in total. The number of hydrogen-bond donors (Lipinski definition) is 3. The first-order valence-corrected chi connectivity index (χ1v) is 5.36. The fourth-order valence-electron chi connectivity index (χ4n) is 1.46. The molecule has 1 aliphatic rings. The number of nitrogens with zero attached hydrogens (tertiary/aromatic N) is 1. The summed E-state index contributed by atoms with van der Waals surface area (Å²) in [7, 11) is 0. The lowest BCUT2D eigenvalue weighted by Crippen LogP contribution is -2.38. The molecule has 1 unspecified atom stereocenters. The highest BCUT2D eigenvalue weighted by Gasteiger charge is 2.24. The molecule has 0 aromatic rings. The Morgan fingerprint density at radius 1 is 1.65 bits per heavy atom. The van der Waals surface area contributed by atoms with Crippen LogP contribution in [0.4, 0.5) is 0 Å². The van der Waals surface area contributed by atoms with Gasteiger partial charge >= 0.3 is 5.97 Å². The zero-order valence-corrected chi connectivity index (χ0v) is 10.3. The van der Waals surface area contributed by atoms with Crippen LogP contribution in [-0.2, 0) is 4.79 Å². The third-order valence-corrected chi connectivity index (χ3v) is 2.51. The number of aliphatic hydroxyl groups is 1. The van der Waals surface area contributed by atoms with Gasteiger partial charge in [0.1, 0.15) is 6.17 Å². The van der Waals surface area contributed by atoms with Gasteiger partial charge in [-0.25, -0.2) is 4.79 Å². The molecule has 0 radical (unpaired) electrons. The molecule has 1 aliphatic heterocycles. The number of carboxylic acids is 1. The molecular weight excluding hydrogens is 220 g/mol. The van der Waals surface area contributed by atoms with E-state index in [0.717, 1.165) is 0 Å². The van der Waals surface area contributed by atoms with Crippen LogP contribution < -0.4 is 5.32 Å². The standard InChI is InChI=1S/C12H18N2O3/c1-7-5-9(11(15)16)6-10(13-7)14-8(2)12(3,4)17/h5,10,14,17H,2,6H2,1,3-4H3,(H,15,16). The molecule has 0 saturated carbocycles. The van der Waals surface area contributed by atoms with Gasteiger partial charge in [-0.2, -0.15) is 0 Å². The van der Waals surface area contributed by atoms with E-state index in [4.69, 9.17) is 5.11 Å². The summed E-state index contributed by atoms with van der Waals surface area (Å²) in [5.74, 6) is -0.945. The van der Waals surface area contributed by atoms with Crippen LogP contribution in [0.15, 0.2) is 28.9 Å². The number of dihydropyridines is 1. The fourth-order valence-corrected chi connectivity index (χ4v) is 1.46. The van der Waals surface area contributed by atoms with Crippen LogP contribution in [0.1, 0.15) is 27.2 Å². The first kappa shape index (κ1) is 13.4. The molecule has 1 rings (SSSR count). The summed E-state index contributed by atoms with van der Waals surface area (Å²) in [6.07, 6.45) is 1.44. The summed E-state index contributed by atoms with van der Waals surface area (Å²) in [6.45, 7) is 8.67. The maximum atomic E-state index is 10.9. The first-order valence-electron chi connectivity index (χ1n) is 5.36. The van der Waals surface area contributed by atoms with Crippen LogP contribution in [0, 0.1) is 0 Å². The Morgan fingerprint density at radius 2 is 2.24 bits per heavy atom. The summed E-state index contributed by atoms with van der Waals surface area (Å²) < 4.78 is 0. The molecule has 5 nitrogen and oxygen atoms in total. The zero-order valence-electron chi connectivity index (χ0n) is 10.3. The number of carboxylic acid groups (broad SMARTS) is 1. The second kappa shape index (κ2) is 4.71. The molecule has 0 bridgehead atoms. The van der Waals surface area contributed by atoms with Crippen molar-refractivity contribution in [1.82, 2.24) is 5.32 Å². The number of aliphatic imine (C=N–C) groups is 1. The Hall–Kier alpha value is -1.62. The Kier molecular flexibility index (Phi) is 3.72. The molecule has 0 aromatic heterocycles. The lowest BCUT2D eigenvalue weighted by Gasteiger charge is -2.27. The van der Waals surface area contributed by atoms with Crippen LogP contribution >= 0.6 is 0 Å². The lowest BCUT2D eigenvalue weighted by molar-refractivity contribution is -0.132. The van der Waals surface area contributed by atoms with E-state index in [9.17, 15) is 9.90 Å². The maximum absolute atomic E-state index is 10.9. The predicted octanol–water partition coefficient (Wildman–Crippen LogP) is 1.06. The number of nitrogens with one attached hydrogen (secondary N) is 1. The van der Waals surface area contributed by atoms with Gasteiger partial charge < -0.3 is 15.5 Å². The van der Waals surface area contributed by atoms with E-state index in [1.807, 2.05) is 0 Å². The summed E-state index contributed by atoms with van der Waals surface area (Å²) in [6, 6.07) is 0. The van der Waals surface area contributed by atoms with Gasteiger partial charge in [0.05, 0.1) is 5.60 Å². The molecule has 0 fully saturated rings. The summed E-state index contributed by atoms with van der Waals surface area (Å²) in [5, 5.41) is 21.6. The minimum atomic E-state index is -1.06. The van der Waals surface area contributed by atoms with Crippen molar-refractivity contribution in [3.8, 4) is 0 Å². The minimum absolute atomic E-state index is 0.280. The number of rotatable bonds is 4. The van der Waals surface area contributed by atoms with Gasteiger partial charge in [-0.05, 0) is 26.8 Å². The van der Waals surface area contributed by atoms with Crippen molar-refractivity contribution in [2.45, 2.75) is 39.0 Å². The third kappa shape index (κ3) is 3.71. The molecule has 1 atom stereocenters. The second-order valence-corrected chi connectivity index (χ2v) is 4.65. The van der Waals surface area contributed by atoms with E-state index >= 15 is 0 Å². The van der Waals surface area contributed by atoms with Gasteiger partial charge in [0.2, 0.25) is 0 Å². The smallest absolute Gasteiger partial charge is 0.331 e. The highest BCUT2D eigenvalue weighted by molar-refractivity contribution is 6.01. The van der Waals surface area contributed by atoms with Crippen molar-refractivity contribution in [3.05, 3.63) is 23.9 Å². The Labute approximate surface area is 101 Å². The van der Waals surface area contributed by atoms with E-state index < -0.39 is 11.6 Å². The van der Waals surface area contributed by atoms with Crippen LogP contribution in [0.2, 0.25) is 0 Å². The van der Waals surface area contributed by atoms with Gasteiger partial charge in [-0.1, -0.05) is 6.58 Å². The Bertz CT molecular complexity index is 402. The van der Waals surface area contributed by atoms with Crippen molar-refractivity contribution >= 4 is 11.7 Å². The molecule has 17 heavy (non-hydrogen) atoms. The quantitative estimate of drug-likeness (QED) is 0.684. The third-order valence-electron chi connectivity index (χ3n) is 2.51. The highest BCUT2D eigenvalue weighted by atomic mass is 16.4. The van der Waals surface area contributed by atoms with Crippen LogP contribution in [0.25, 0.3) is 0 Å². The van der Waals surface area contributed by atoms with E-state index in [1.54, 1.807) is 26.8 Å². The lowest BCUT2D eigenvalue weighted by atomic mass is 10.0. The number of carbonyl (C=O) groups is 1. The number of hydrogen-bond acceptors (Lipinski definition) is 4. The second-order valence-electron chi connectivity index (χ2n) is 4.65. The molecule has 0 saturated heterocycles. The molecule has 0 amide bonds. The van der Waals surface area contributed by atoms with E-state index in [2.05, 4.69) is 16.9 Å². The van der Waals surface area contributed by atoms with Crippen molar-refractivity contribution in [3.63, 3.8) is 0 Å². The van der Waals surface area contributed by atoms with Crippen molar-refractivity contribution < 1.29 is 15.0 Å². The summed E-state index contributed by atoms with van der Waals surface area (Å²) in [4.78, 5) is 15.2. The van der Waals surface area contributed by atoms with E-state index in [-0.39, 0.29) is 12.6 Å². The topological polar surface area (TPSA) is 81.9 Å². The Morgan fingerprint density at radius 3 is 2.71 bits per heavy atom. The van der Waals surface area contributed by atoms with Gasteiger partial charge in [-0.3, -0.25) is 4.99 Å². The van der Waals surface area contributed by atoms with Gasteiger partial charge in [0.15, 0.2) is 0 Å². The van der Waals surface area contributed by atoms with Crippen LogP contribution in [0.3, 0.4) is 0 Å². The van der Waals surface area contributed by atoms with Crippen molar-refractivity contribution in [1.29, 1.82) is 0 Å². The molecule has 1 heterocycles. The Balaban J connectivity index is 2.74. The fraction of sp³-hybridized carbons (Fsp3) is 0.500. The summed E-state index contributed by atoms with van der Waals surface area (Å²) >= 11 is 0. The van der Waals surface area contributed by atoms with Gasteiger partial charge in [-0.15, -0.1) is 0 Å². The normalized spacial score (nSPS) is 20.4. The predicted molar refractivity (Wildman–Crippen MR) is 65.8 cm³/mol. The van der Waals surface area contributed by atoms with Crippen molar-refractivity contribution in [2.75, 3.05) is 0 Å². The molecule has 0 spiro atoms. The molecule has 5 heteroatoms. The van der Waals surface area contributed by atoms with Crippen LogP contribution in [0.5, 0.6) is 0 Å². The summed E-state index contributed by atoms with van der Waals surface area (Å²) in [5.41, 5.74) is 0.312. The average Bonchev–Trinajstić information content (AvgIpc) is 2.14. The number of aliphatic carboxylic acids is 1. The van der Waals surface area contributed by atoms with E-state index in [0.29, 0.717) is 17.0 Å². The van der Waals surface area contributed by atoms with E-state index in [1.165, 1.54) is 0 Å². The largest absolute Gasteiger partial charge is 0.478 e. The minimum Gasteiger partial charge on any atom is -0.478 e. The molecular formula is C12H18N2O3. The highest BCUT2D eigenvalue weighted by Crippen LogP contribution is 2.17. The first-order chi connectivity index (χ1) is 7.70. The SMILES string of the molecule is C=C(NC1CC(C(=O)O)=CC(C)=N1)C(C)(C)O. The van der Waals surface area contributed by atoms with Crippen LogP contribution in [-0.4, -0.2) is 33.7 Å². The maximum Gasteiger partial charge on any atom is 0.331 e. The molecule has 0 aromatic carbocycles. The number of allylic oxidation sites excluding steroid dienone is 1. The van der Waals surface area contributed by atoms with Gasteiger partial charge in [0, 0.05) is 23.4 Å².